The zero-order valence-electron chi connectivity index (χ0n) is 8.10. The van der Waals surface area contributed by atoms with Crippen LogP contribution < -0.4 is 0 Å². The molecule has 0 saturated carbocycles. The fraction of sp³-hybridized carbons (Fsp3) is 0.222. The molecule has 5 nitrogen and oxygen atoms in total. The summed E-state index contributed by atoms with van der Waals surface area (Å²) in [4.78, 5) is 7.29. The molecule has 0 aliphatic heterocycles. The second kappa shape index (κ2) is 3.45. The van der Waals surface area contributed by atoms with E-state index in [-0.39, 0.29) is 0 Å². The molecule has 0 spiro atoms. The van der Waals surface area contributed by atoms with Crippen molar-refractivity contribution in [3.63, 3.8) is 0 Å². The topological polar surface area (TPSA) is 56.6 Å². The number of H-pyrrole nitrogens is 1. The van der Waals surface area contributed by atoms with E-state index in [4.69, 9.17) is 0 Å². The van der Waals surface area contributed by atoms with Crippen LogP contribution in [0.5, 0.6) is 0 Å². The first-order valence-electron chi connectivity index (χ1n) is 4.29. The molecule has 0 aliphatic carbocycles. The fourth-order valence-electron chi connectivity index (χ4n) is 1.12. The lowest BCUT2D eigenvalue weighted by molar-refractivity contribution is 0.407. The lowest BCUT2D eigenvalue weighted by atomic mass is 10.3. The Morgan fingerprint density at radius 3 is 2.79 bits per heavy atom. The molecule has 2 aromatic rings. The normalized spacial score (nSPS) is 11.3. The van der Waals surface area contributed by atoms with E-state index in [1.165, 1.54) is 0 Å². The summed E-state index contributed by atoms with van der Waals surface area (Å²) in [5.74, 6) is 0.528. The SMILES string of the molecule is CN(C)/N=N/c1nc2ccccc2[nH]1. The number of hydrogen-bond acceptors (Lipinski definition) is 3. The Morgan fingerprint density at radius 1 is 1.29 bits per heavy atom. The number of imidazole rings is 1. The van der Waals surface area contributed by atoms with Gasteiger partial charge in [-0.1, -0.05) is 22.5 Å². The van der Waals surface area contributed by atoms with Gasteiger partial charge in [0.1, 0.15) is 0 Å². The van der Waals surface area contributed by atoms with Crippen molar-refractivity contribution >= 4 is 17.0 Å². The van der Waals surface area contributed by atoms with Gasteiger partial charge >= 0.3 is 0 Å². The number of rotatable bonds is 2. The van der Waals surface area contributed by atoms with Gasteiger partial charge in [-0.25, -0.2) is 4.98 Å². The van der Waals surface area contributed by atoms with E-state index in [1.54, 1.807) is 5.01 Å². The summed E-state index contributed by atoms with van der Waals surface area (Å²) in [6.45, 7) is 0. The number of aromatic amines is 1. The number of fused-ring (bicyclic) bond motifs is 1. The van der Waals surface area contributed by atoms with Crippen molar-refractivity contribution in [2.45, 2.75) is 0 Å². The number of benzene rings is 1. The zero-order valence-corrected chi connectivity index (χ0v) is 8.10. The van der Waals surface area contributed by atoms with Crippen LogP contribution in [0.1, 0.15) is 0 Å². The molecule has 0 fully saturated rings. The number of aromatic nitrogens is 2. The highest BCUT2D eigenvalue weighted by atomic mass is 15.5. The molecule has 0 amide bonds. The van der Waals surface area contributed by atoms with Crippen molar-refractivity contribution in [2.75, 3.05) is 14.1 Å². The predicted molar refractivity (Wildman–Crippen MR) is 54.3 cm³/mol. The summed E-state index contributed by atoms with van der Waals surface area (Å²) in [6, 6.07) is 7.78. The van der Waals surface area contributed by atoms with Gasteiger partial charge in [-0.3, -0.25) is 5.01 Å². The smallest absolute Gasteiger partial charge is 0.249 e. The van der Waals surface area contributed by atoms with Crippen LogP contribution in [0.25, 0.3) is 11.0 Å². The molecule has 72 valence electrons. The third-order valence-electron chi connectivity index (χ3n) is 1.70. The van der Waals surface area contributed by atoms with Gasteiger partial charge < -0.3 is 4.98 Å². The molecule has 1 aromatic heterocycles. The molecule has 0 aliphatic rings. The van der Waals surface area contributed by atoms with Gasteiger partial charge in [0.2, 0.25) is 5.95 Å². The Labute approximate surface area is 81.4 Å². The van der Waals surface area contributed by atoms with Gasteiger partial charge in [0, 0.05) is 14.1 Å². The van der Waals surface area contributed by atoms with Crippen LogP contribution in [-0.4, -0.2) is 29.1 Å². The molecule has 2 rings (SSSR count). The van der Waals surface area contributed by atoms with Gasteiger partial charge in [-0.15, -0.1) is 0 Å². The minimum absolute atomic E-state index is 0.528. The van der Waals surface area contributed by atoms with Gasteiger partial charge in [-0.2, -0.15) is 0 Å². The van der Waals surface area contributed by atoms with E-state index in [2.05, 4.69) is 20.3 Å². The molecule has 0 atom stereocenters. The lowest BCUT2D eigenvalue weighted by Gasteiger charge is -1.97. The van der Waals surface area contributed by atoms with Gasteiger partial charge in [0.15, 0.2) is 0 Å². The fourth-order valence-corrected chi connectivity index (χ4v) is 1.12. The first-order chi connectivity index (χ1) is 6.75. The average Bonchev–Trinajstić information content (AvgIpc) is 2.57. The molecule has 14 heavy (non-hydrogen) atoms. The van der Waals surface area contributed by atoms with Crippen molar-refractivity contribution in [1.29, 1.82) is 0 Å². The molecular formula is C9H11N5. The van der Waals surface area contributed by atoms with Crippen molar-refractivity contribution in [2.24, 2.45) is 10.3 Å². The number of hydrogen-bond donors (Lipinski definition) is 1. The van der Waals surface area contributed by atoms with Crippen molar-refractivity contribution < 1.29 is 0 Å². The zero-order chi connectivity index (χ0) is 9.97. The van der Waals surface area contributed by atoms with Crippen LogP contribution in [0.3, 0.4) is 0 Å². The van der Waals surface area contributed by atoms with E-state index >= 15 is 0 Å². The van der Waals surface area contributed by atoms with Crippen molar-refractivity contribution in [3.05, 3.63) is 24.3 Å². The van der Waals surface area contributed by atoms with E-state index in [0.717, 1.165) is 11.0 Å². The number of nitrogens with one attached hydrogen (secondary N) is 1. The Bertz CT molecular complexity index is 424. The maximum absolute atomic E-state index is 4.24. The third kappa shape index (κ3) is 1.71. The highest BCUT2D eigenvalue weighted by Crippen LogP contribution is 2.15. The number of nitrogens with zero attached hydrogens (tertiary/aromatic N) is 4. The molecule has 1 aromatic carbocycles. The summed E-state index contributed by atoms with van der Waals surface area (Å²) in [5, 5.41) is 9.40. The van der Waals surface area contributed by atoms with Crippen LogP contribution in [-0.2, 0) is 0 Å². The monoisotopic (exact) mass is 189 g/mol. The predicted octanol–water partition coefficient (Wildman–Crippen LogP) is 2.12. The summed E-state index contributed by atoms with van der Waals surface area (Å²) in [7, 11) is 3.62. The summed E-state index contributed by atoms with van der Waals surface area (Å²) in [6.07, 6.45) is 0. The molecule has 1 N–H and O–H groups in total. The first-order valence-corrected chi connectivity index (χ1v) is 4.29. The van der Waals surface area contributed by atoms with E-state index in [1.807, 2.05) is 38.4 Å². The van der Waals surface area contributed by atoms with E-state index < -0.39 is 0 Å². The molecule has 0 unspecified atom stereocenters. The van der Waals surface area contributed by atoms with Crippen LogP contribution in [0.15, 0.2) is 34.6 Å². The molecule has 5 heteroatoms. The Balaban J connectivity index is 2.36. The second-order valence-electron chi connectivity index (χ2n) is 3.11. The van der Waals surface area contributed by atoms with Gasteiger partial charge in [-0.05, 0) is 12.1 Å². The minimum Gasteiger partial charge on any atom is -0.321 e. The minimum atomic E-state index is 0.528. The van der Waals surface area contributed by atoms with Crippen LogP contribution >= 0.6 is 0 Å². The third-order valence-corrected chi connectivity index (χ3v) is 1.70. The molecule has 1 heterocycles. The van der Waals surface area contributed by atoms with Crippen LogP contribution in [0.2, 0.25) is 0 Å². The molecule has 0 saturated heterocycles. The summed E-state index contributed by atoms with van der Waals surface area (Å²) >= 11 is 0. The molecular weight excluding hydrogens is 178 g/mol. The number of para-hydroxylation sites is 2. The highest BCUT2D eigenvalue weighted by molar-refractivity contribution is 5.76. The largest absolute Gasteiger partial charge is 0.321 e. The van der Waals surface area contributed by atoms with Gasteiger partial charge in [0.05, 0.1) is 11.0 Å². The van der Waals surface area contributed by atoms with E-state index in [9.17, 15) is 0 Å². The first kappa shape index (κ1) is 8.68. The summed E-state index contributed by atoms with van der Waals surface area (Å²) < 4.78 is 0. The quantitative estimate of drug-likeness (QED) is 0.581. The Morgan fingerprint density at radius 2 is 2.07 bits per heavy atom. The molecule has 0 bridgehead atoms. The van der Waals surface area contributed by atoms with Crippen molar-refractivity contribution in [3.8, 4) is 0 Å². The molecule has 0 radical (unpaired) electrons. The lowest BCUT2D eigenvalue weighted by Crippen LogP contribution is -1.98. The summed E-state index contributed by atoms with van der Waals surface area (Å²) in [5.41, 5.74) is 1.88. The van der Waals surface area contributed by atoms with Crippen molar-refractivity contribution in [1.82, 2.24) is 15.0 Å². The Kier molecular flexibility index (Phi) is 2.14. The maximum Gasteiger partial charge on any atom is 0.249 e. The Hall–Kier alpha value is -1.91. The van der Waals surface area contributed by atoms with Crippen LogP contribution in [0.4, 0.5) is 5.95 Å². The standard InChI is InChI=1S/C9H11N5/c1-14(2)13-12-9-10-7-5-3-4-6-8(7)11-9/h3-6H,1-2H3,(H,10,11)/b13-12+. The second-order valence-corrected chi connectivity index (χ2v) is 3.11. The highest BCUT2D eigenvalue weighted by Gasteiger charge is 1.99. The van der Waals surface area contributed by atoms with Gasteiger partial charge in [0.25, 0.3) is 0 Å². The maximum atomic E-state index is 4.24. The van der Waals surface area contributed by atoms with E-state index in [0.29, 0.717) is 5.95 Å². The van der Waals surface area contributed by atoms with Crippen LogP contribution in [0, 0.1) is 0 Å². The average molecular weight is 189 g/mol.